The third kappa shape index (κ3) is 3.44. The third-order valence-electron chi connectivity index (χ3n) is 2.89. The molecule has 0 aliphatic carbocycles. The molecule has 0 spiro atoms. The molecule has 0 fully saturated rings. The zero-order chi connectivity index (χ0) is 13.8. The smallest absolute Gasteiger partial charge is 0.255 e. The number of alkyl halides is 1. The van der Waals surface area contributed by atoms with Crippen molar-refractivity contribution in [3.05, 3.63) is 64.7 Å². The summed E-state index contributed by atoms with van der Waals surface area (Å²) in [5, 5.41) is 3.62. The van der Waals surface area contributed by atoms with E-state index in [0.29, 0.717) is 10.9 Å². The number of nitrogens with one attached hydrogen (secondary N) is 1. The summed E-state index contributed by atoms with van der Waals surface area (Å²) in [5.74, 6) is -0.0694. The first-order chi connectivity index (χ1) is 9.10. The van der Waals surface area contributed by atoms with Gasteiger partial charge in [-0.15, -0.1) is 0 Å². The normalized spacial score (nSPS) is 10.3. The number of halogens is 1. The van der Waals surface area contributed by atoms with Gasteiger partial charge in [-0.2, -0.15) is 0 Å². The van der Waals surface area contributed by atoms with Crippen molar-refractivity contribution in [1.29, 1.82) is 0 Å². The summed E-state index contributed by atoms with van der Waals surface area (Å²) >= 11 is 3.41. The van der Waals surface area contributed by atoms with Gasteiger partial charge in [-0.3, -0.25) is 4.79 Å². The molecule has 1 amide bonds. The fourth-order valence-electron chi connectivity index (χ4n) is 2.10. The molecule has 0 unspecified atom stereocenters. The molecule has 0 aromatic heterocycles. The molecule has 3 heteroatoms. The highest BCUT2D eigenvalue weighted by molar-refractivity contribution is 9.08. The Labute approximate surface area is 122 Å². The van der Waals surface area contributed by atoms with Crippen LogP contribution in [0.3, 0.4) is 0 Å². The van der Waals surface area contributed by atoms with Gasteiger partial charge in [0.2, 0.25) is 0 Å². The van der Waals surface area contributed by atoms with Crippen molar-refractivity contribution in [3.8, 4) is 0 Å². The Hall–Kier alpha value is -1.61. The van der Waals surface area contributed by atoms with E-state index in [4.69, 9.17) is 0 Å². The van der Waals surface area contributed by atoms with Gasteiger partial charge in [0.15, 0.2) is 0 Å². The van der Waals surface area contributed by atoms with Crippen LogP contribution in [0.1, 0.15) is 27.0 Å². The molecular formula is C16H16BrNO. The summed E-state index contributed by atoms with van der Waals surface area (Å²) in [6.45, 7) is 4.05. The van der Waals surface area contributed by atoms with Gasteiger partial charge < -0.3 is 5.32 Å². The Morgan fingerprint density at radius 1 is 1.11 bits per heavy atom. The number of carbonyl (C=O) groups is 1. The van der Waals surface area contributed by atoms with E-state index < -0.39 is 0 Å². The maximum atomic E-state index is 12.3. The highest BCUT2D eigenvalue weighted by atomic mass is 79.9. The minimum absolute atomic E-state index is 0.0694. The molecule has 0 aliphatic heterocycles. The monoisotopic (exact) mass is 317 g/mol. The Morgan fingerprint density at radius 2 is 1.74 bits per heavy atom. The fourth-order valence-corrected chi connectivity index (χ4v) is 2.59. The van der Waals surface area contributed by atoms with Crippen LogP contribution >= 0.6 is 15.9 Å². The first-order valence-electron chi connectivity index (χ1n) is 6.13. The van der Waals surface area contributed by atoms with Crippen LogP contribution in [0.4, 0.5) is 5.69 Å². The molecule has 1 N–H and O–H groups in total. The summed E-state index contributed by atoms with van der Waals surface area (Å²) < 4.78 is 0. The van der Waals surface area contributed by atoms with Crippen LogP contribution in [-0.4, -0.2) is 5.91 Å². The Kier molecular flexibility index (Phi) is 4.38. The molecule has 0 bridgehead atoms. The topological polar surface area (TPSA) is 29.1 Å². The second-order valence-corrected chi connectivity index (χ2v) is 5.18. The van der Waals surface area contributed by atoms with Gasteiger partial charge in [-0.25, -0.2) is 0 Å². The van der Waals surface area contributed by atoms with Crippen LogP contribution in [0.5, 0.6) is 0 Å². The minimum atomic E-state index is -0.0694. The number of hydrogen-bond acceptors (Lipinski definition) is 1. The first kappa shape index (κ1) is 13.8. The lowest BCUT2D eigenvalue weighted by Crippen LogP contribution is -2.14. The van der Waals surface area contributed by atoms with E-state index in [-0.39, 0.29) is 5.91 Å². The van der Waals surface area contributed by atoms with Crippen LogP contribution in [0.15, 0.2) is 42.5 Å². The van der Waals surface area contributed by atoms with Gasteiger partial charge in [0.25, 0.3) is 5.91 Å². The van der Waals surface area contributed by atoms with Crippen molar-refractivity contribution in [1.82, 2.24) is 0 Å². The molecule has 0 heterocycles. The summed E-state index contributed by atoms with van der Waals surface area (Å²) in [5.41, 5.74) is 4.82. The highest BCUT2D eigenvalue weighted by Crippen LogP contribution is 2.17. The molecule has 19 heavy (non-hydrogen) atoms. The number of rotatable bonds is 3. The van der Waals surface area contributed by atoms with Gasteiger partial charge in [0, 0.05) is 16.6 Å². The molecule has 0 radical (unpaired) electrons. The number of carbonyl (C=O) groups excluding carboxylic acids is 1. The van der Waals surface area contributed by atoms with E-state index in [9.17, 15) is 4.79 Å². The molecule has 98 valence electrons. The third-order valence-corrected chi connectivity index (χ3v) is 3.49. The molecule has 0 aliphatic rings. The van der Waals surface area contributed by atoms with Crippen molar-refractivity contribution in [2.24, 2.45) is 0 Å². The maximum absolute atomic E-state index is 12.3. The summed E-state index contributed by atoms with van der Waals surface area (Å²) in [7, 11) is 0. The number of anilines is 1. The predicted octanol–water partition coefficient (Wildman–Crippen LogP) is 4.45. The van der Waals surface area contributed by atoms with Crippen LogP contribution in [0.2, 0.25) is 0 Å². The standard InChI is InChI=1S/C16H16BrNO/c1-11-7-12(2)9-14(8-11)18-16(19)15-6-4-3-5-13(15)10-17/h3-9H,10H2,1-2H3,(H,18,19). The van der Waals surface area contributed by atoms with Gasteiger partial charge in [0.05, 0.1) is 0 Å². The zero-order valence-corrected chi connectivity index (χ0v) is 12.6. The number of benzene rings is 2. The van der Waals surface area contributed by atoms with Crippen LogP contribution in [0, 0.1) is 13.8 Å². The molecule has 0 saturated carbocycles. The van der Waals surface area contributed by atoms with Crippen LogP contribution in [0.25, 0.3) is 0 Å². The molecule has 2 aromatic carbocycles. The zero-order valence-electron chi connectivity index (χ0n) is 11.0. The average molecular weight is 318 g/mol. The summed E-state index contributed by atoms with van der Waals surface area (Å²) in [4.78, 5) is 12.3. The molecule has 2 aromatic rings. The van der Waals surface area contributed by atoms with Crippen LogP contribution in [-0.2, 0) is 5.33 Å². The Balaban J connectivity index is 2.25. The lowest BCUT2D eigenvalue weighted by Gasteiger charge is -2.10. The van der Waals surface area contributed by atoms with Crippen molar-refractivity contribution >= 4 is 27.5 Å². The Morgan fingerprint density at radius 3 is 2.37 bits per heavy atom. The highest BCUT2D eigenvalue weighted by Gasteiger charge is 2.10. The number of amides is 1. The van der Waals surface area contributed by atoms with Crippen molar-refractivity contribution in [3.63, 3.8) is 0 Å². The fraction of sp³-hybridized carbons (Fsp3) is 0.188. The Bertz CT molecular complexity index is 587. The quantitative estimate of drug-likeness (QED) is 0.832. The summed E-state index contributed by atoms with van der Waals surface area (Å²) in [6, 6.07) is 13.6. The lowest BCUT2D eigenvalue weighted by atomic mass is 10.1. The first-order valence-corrected chi connectivity index (χ1v) is 7.26. The predicted molar refractivity (Wildman–Crippen MR) is 82.9 cm³/mol. The molecule has 0 atom stereocenters. The molecule has 2 rings (SSSR count). The van der Waals surface area contributed by atoms with E-state index in [1.807, 2.05) is 50.2 Å². The van der Waals surface area contributed by atoms with Gasteiger partial charge in [0.1, 0.15) is 0 Å². The van der Waals surface area contributed by atoms with E-state index in [2.05, 4.69) is 27.3 Å². The largest absolute Gasteiger partial charge is 0.322 e. The van der Waals surface area contributed by atoms with Gasteiger partial charge in [-0.05, 0) is 48.7 Å². The van der Waals surface area contributed by atoms with Crippen molar-refractivity contribution < 1.29 is 4.79 Å². The average Bonchev–Trinajstić information content (AvgIpc) is 2.37. The maximum Gasteiger partial charge on any atom is 0.255 e. The summed E-state index contributed by atoms with van der Waals surface area (Å²) in [6.07, 6.45) is 0. The van der Waals surface area contributed by atoms with Crippen LogP contribution < -0.4 is 5.32 Å². The van der Waals surface area contributed by atoms with Crippen molar-refractivity contribution in [2.75, 3.05) is 5.32 Å². The lowest BCUT2D eigenvalue weighted by molar-refractivity contribution is 0.102. The van der Waals surface area contributed by atoms with E-state index >= 15 is 0 Å². The second kappa shape index (κ2) is 6.02. The van der Waals surface area contributed by atoms with Crippen molar-refractivity contribution in [2.45, 2.75) is 19.2 Å². The molecule has 2 nitrogen and oxygen atoms in total. The van der Waals surface area contributed by atoms with Gasteiger partial charge in [-0.1, -0.05) is 40.2 Å². The number of aryl methyl sites for hydroxylation is 2. The number of hydrogen-bond donors (Lipinski definition) is 1. The minimum Gasteiger partial charge on any atom is -0.322 e. The SMILES string of the molecule is Cc1cc(C)cc(NC(=O)c2ccccc2CBr)c1. The van der Waals surface area contributed by atoms with E-state index in [0.717, 1.165) is 22.4 Å². The molecular weight excluding hydrogens is 302 g/mol. The second-order valence-electron chi connectivity index (χ2n) is 4.62. The van der Waals surface area contributed by atoms with Gasteiger partial charge >= 0.3 is 0 Å². The van der Waals surface area contributed by atoms with E-state index in [1.54, 1.807) is 0 Å². The van der Waals surface area contributed by atoms with E-state index in [1.165, 1.54) is 0 Å². The molecule has 0 saturated heterocycles.